The third-order valence-electron chi connectivity index (χ3n) is 5.81. The van der Waals surface area contributed by atoms with Gasteiger partial charge in [-0.15, -0.1) is 0 Å². The van der Waals surface area contributed by atoms with Gasteiger partial charge in [0.05, 0.1) is 10.9 Å². The fourth-order valence-corrected chi connectivity index (χ4v) is 4.71. The van der Waals surface area contributed by atoms with Crippen LogP contribution < -0.4 is 4.74 Å². The number of nitrogens with zero attached hydrogens (tertiary/aromatic N) is 2. The smallest absolute Gasteiger partial charge is 0.343 e. The minimum Gasteiger partial charge on any atom is -0.494 e. The van der Waals surface area contributed by atoms with Crippen LogP contribution in [0.2, 0.25) is 0 Å². The molecular formula is C25H21BrN2O3. The van der Waals surface area contributed by atoms with Gasteiger partial charge in [-0.3, -0.25) is 4.98 Å². The van der Waals surface area contributed by atoms with E-state index in [1.165, 1.54) is 0 Å². The minimum atomic E-state index is -0.479. The molecule has 5 rings (SSSR count). The van der Waals surface area contributed by atoms with Crippen molar-refractivity contribution >= 4 is 43.6 Å². The molecule has 0 bridgehead atoms. The van der Waals surface area contributed by atoms with E-state index in [2.05, 4.69) is 33.1 Å². The highest BCUT2D eigenvalue weighted by Gasteiger charge is 2.23. The fraction of sp³-hybridized carbons (Fsp3) is 0.200. The fourth-order valence-electron chi connectivity index (χ4n) is 4.22. The van der Waals surface area contributed by atoms with Crippen molar-refractivity contribution < 1.29 is 14.6 Å². The summed E-state index contributed by atoms with van der Waals surface area (Å²) in [5.41, 5.74) is 2.04. The van der Waals surface area contributed by atoms with Crippen LogP contribution in [0.5, 0.6) is 11.6 Å². The predicted octanol–water partition coefficient (Wildman–Crippen LogP) is 5.98. The zero-order valence-corrected chi connectivity index (χ0v) is 18.4. The van der Waals surface area contributed by atoms with E-state index in [0.717, 1.165) is 29.2 Å². The normalized spacial score (nSPS) is 14.0. The van der Waals surface area contributed by atoms with E-state index < -0.39 is 5.97 Å². The summed E-state index contributed by atoms with van der Waals surface area (Å²) in [6, 6.07) is 12.8. The van der Waals surface area contributed by atoms with Crippen LogP contribution >= 0.6 is 15.9 Å². The van der Waals surface area contributed by atoms with Gasteiger partial charge in [0.2, 0.25) is 5.88 Å². The van der Waals surface area contributed by atoms with Gasteiger partial charge in [0.25, 0.3) is 0 Å². The molecule has 0 aliphatic heterocycles. The Kier molecular flexibility index (Phi) is 5.24. The number of carbonyl (C=O) groups is 1. The summed E-state index contributed by atoms with van der Waals surface area (Å²) in [4.78, 5) is 17.4. The third-order valence-corrected chi connectivity index (χ3v) is 6.41. The van der Waals surface area contributed by atoms with E-state index in [0.29, 0.717) is 40.0 Å². The first-order chi connectivity index (χ1) is 15.2. The molecule has 0 saturated heterocycles. The molecule has 5 nitrogen and oxygen atoms in total. The maximum atomic E-state index is 12.9. The van der Waals surface area contributed by atoms with E-state index in [-0.39, 0.29) is 5.88 Å². The quantitative estimate of drug-likeness (QED) is 0.166. The summed E-state index contributed by atoms with van der Waals surface area (Å²) in [5, 5.41) is 14.0. The Hall–Kier alpha value is -3.12. The molecule has 0 radical (unpaired) electrons. The van der Waals surface area contributed by atoms with Gasteiger partial charge in [0, 0.05) is 35.0 Å². The van der Waals surface area contributed by atoms with E-state index in [1.54, 1.807) is 30.5 Å². The number of halogens is 1. The van der Waals surface area contributed by atoms with Crippen LogP contribution in [0, 0.1) is 5.92 Å². The SMILES string of the molecule is O=C(Oc1c2nccc(CBr)c2cc2cn(CC3CC=CC3)c(O)c12)c1ccccc1. The molecule has 2 aromatic carbocycles. The third kappa shape index (κ3) is 3.61. The molecule has 0 fully saturated rings. The van der Waals surface area contributed by atoms with E-state index in [9.17, 15) is 9.90 Å². The maximum absolute atomic E-state index is 12.9. The number of aromatic nitrogens is 2. The molecule has 0 saturated carbocycles. The van der Waals surface area contributed by atoms with Gasteiger partial charge in [-0.25, -0.2) is 4.79 Å². The summed E-state index contributed by atoms with van der Waals surface area (Å²) in [6.07, 6.45) is 10.00. The molecule has 0 spiro atoms. The number of benzene rings is 2. The summed E-state index contributed by atoms with van der Waals surface area (Å²) in [7, 11) is 0. The second kappa shape index (κ2) is 8.19. The first kappa shape index (κ1) is 19.8. The topological polar surface area (TPSA) is 64.3 Å². The van der Waals surface area contributed by atoms with Crippen molar-refractivity contribution in [3.8, 4) is 11.6 Å². The standard InChI is InChI=1S/C25H21BrN2O3/c26-13-18-10-11-27-22-20(18)12-19-15-28(14-16-6-4-5-7-16)24(29)21(19)23(22)31-25(30)17-8-2-1-3-9-17/h1-5,8-12,15-16,29H,6-7,13-14H2. The summed E-state index contributed by atoms with van der Waals surface area (Å²) >= 11 is 3.54. The highest BCUT2D eigenvalue weighted by Crippen LogP contribution is 2.42. The number of alkyl halides is 1. The summed E-state index contributed by atoms with van der Waals surface area (Å²) in [6.45, 7) is 0.703. The van der Waals surface area contributed by atoms with E-state index in [4.69, 9.17) is 4.74 Å². The zero-order valence-electron chi connectivity index (χ0n) is 16.8. The van der Waals surface area contributed by atoms with Crippen LogP contribution in [-0.2, 0) is 11.9 Å². The van der Waals surface area contributed by atoms with Gasteiger partial charge in [-0.1, -0.05) is 46.3 Å². The van der Waals surface area contributed by atoms with Crippen LogP contribution in [0.15, 0.2) is 67.0 Å². The lowest BCUT2D eigenvalue weighted by Crippen LogP contribution is -2.09. The maximum Gasteiger partial charge on any atom is 0.343 e. The number of pyridine rings is 1. The van der Waals surface area contributed by atoms with E-state index in [1.807, 2.05) is 29.0 Å². The number of allylic oxidation sites excluding steroid dienone is 2. The van der Waals surface area contributed by atoms with Crippen LogP contribution in [-0.4, -0.2) is 20.6 Å². The number of carbonyl (C=O) groups excluding carboxylic acids is 1. The number of hydrogen-bond acceptors (Lipinski definition) is 4. The Morgan fingerprint density at radius 1 is 1.19 bits per heavy atom. The monoisotopic (exact) mass is 476 g/mol. The van der Waals surface area contributed by atoms with Gasteiger partial charge in [0.1, 0.15) is 5.52 Å². The second-order valence-corrected chi connectivity index (χ2v) is 8.40. The first-order valence-electron chi connectivity index (χ1n) is 10.3. The Morgan fingerprint density at radius 3 is 2.71 bits per heavy atom. The zero-order chi connectivity index (χ0) is 21.4. The summed E-state index contributed by atoms with van der Waals surface area (Å²) < 4.78 is 7.74. The number of fused-ring (bicyclic) bond motifs is 2. The van der Waals surface area contributed by atoms with E-state index >= 15 is 0 Å². The lowest BCUT2D eigenvalue weighted by Gasteiger charge is -2.12. The highest BCUT2D eigenvalue weighted by atomic mass is 79.9. The molecule has 31 heavy (non-hydrogen) atoms. The summed E-state index contributed by atoms with van der Waals surface area (Å²) in [5.74, 6) is 0.372. The molecule has 1 aliphatic carbocycles. The predicted molar refractivity (Wildman–Crippen MR) is 125 cm³/mol. The van der Waals surface area contributed by atoms with Crippen molar-refractivity contribution in [1.82, 2.24) is 9.55 Å². The molecule has 2 heterocycles. The largest absolute Gasteiger partial charge is 0.494 e. The van der Waals surface area contributed by atoms with Crippen molar-refractivity contribution in [2.75, 3.05) is 0 Å². The number of aromatic hydroxyl groups is 1. The van der Waals surface area contributed by atoms with Gasteiger partial charge in [0.15, 0.2) is 5.75 Å². The minimum absolute atomic E-state index is 0.103. The lowest BCUT2D eigenvalue weighted by molar-refractivity contribution is 0.0739. The molecule has 6 heteroatoms. The molecule has 0 atom stereocenters. The molecule has 1 aliphatic rings. The van der Waals surface area contributed by atoms with Crippen LogP contribution in [0.4, 0.5) is 0 Å². The van der Waals surface area contributed by atoms with Crippen molar-refractivity contribution in [2.24, 2.45) is 5.92 Å². The molecule has 156 valence electrons. The highest BCUT2D eigenvalue weighted by molar-refractivity contribution is 9.08. The Balaban J connectivity index is 1.68. The molecule has 0 unspecified atom stereocenters. The van der Waals surface area contributed by atoms with Gasteiger partial charge >= 0.3 is 5.97 Å². The van der Waals surface area contributed by atoms with Crippen molar-refractivity contribution in [3.63, 3.8) is 0 Å². The van der Waals surface area contributed by atoms with Gasteiger partial charge in [-0.2, -0.15) is 0 Å². The van der Waals surface area contributed by atoms with Crippen molar-refractivity contribution in [3.05, 3.63) is 78.1 Å². The van der Waals surface area contributed by atoms with Crippen molar-refractivity contribution in [2.45, 2.75) is 24.7 Å². The van der Waals surface area contributed by atoms with Crippen molar-refractivity contribution in [1.29, 1.82) is 0 Å². The lowest BCUT2D eigenvalue weighted by atomic mass is 10.1. The number of hydrogen-bond donors (Lipinski definition) is 1. The van der Waals surface area contributed by atoms with Gasteiger partial charge < -0.3 is 14.4 Å². The second-order valence-electron chi connectivity index (χ2n) is 7.84. The van der Waals surface area contributed by atoms with Crippen LogP contribution in [0.25, 0.3) is 21.7 Å². The molecule has 2 aromatic heterocycles. The Labute approximate surface area is 188 Å². The molecular weight excluding hydrogens is 456 g/mol. The molecule has 4 aromatic rings. The van der Waals surface area contributed by atoms with Gasteiger partial charge in [-0.05, 0) is 48.6 Å². The van der Waals surface area contributed by atoms with Crippen LogP contribution in [0.3, 0.4) is 0 Å². The Bertz CT molecular complexity index is 1300. The number of ether oxygens (including phenoxy) is 1. The first-order valence-corrected chi connectivity index (χ1v) is 11.4. The molecule has 1 N–H and O–H groups in total. The number of rotatable bonds is 5. The number of esters is 1. The molecule has 0 amide bonds. The average Bonchev–Trinajstić information content (AvgIpc) is 3.42. The Morgan fingerprint density at radius 2 is 1.97 bits per heavy atom. The van der Waals surface area contributed by atoms with Crippen LogP contribution in [0.1, 0.15) is 28.8 Å². The average molecular weight is 477 g/mol.